The SMILES string of the molecule is CCCNc1ccc(C(=O)Nc2ccc(Cl)cc2C(F)(F)F)nc1. The van der Waals surface area contributed by atoms with E-state index in [0.29, 0.717) is 0 Å². The monoisotopic (exact) mass is 357 g/mol. The second-order valence-electron chi connectivity index (χ2n) is 5.00. The molecule has 1 aromatic heterocycles. The lowest BCUT2D eigenvalue weighted by atomic mass is 10.1. The Hall–Kier alpha value is -2.28. The molecule has 1 heterocycles. The molecule has 0 radical (unpaired) electrons. The van der Waals surface area contributed by atoms with Crippen LogP contribution >= 0.6 is 11.6 Å². The van der Waals surface area contributed by atoms with E-state index in [1.165, 1.54) is 18.3 Å². The molecule has 2 aromatic rings. The Balaban J connectivity index is 2.18. The molecule has 1 aromatic carbocycles. The number of carbonyl (C=O) groups excluding carboxylic acids is 1. The second-order valence-corrected chi connectivity index (χ2v) is 5.44. The number of alkyl halides is 3. The van der Waals surface area contributed by atoms with Crippen molar-refractivity contribution in [3.05, 3.63) is 52.8 Å². The number of pyridine rings is 1. The highest BCUT2D eigenvalue weighted by atomic mass is 35.5. The molecule has 0 saturated carbocycles. The summed E-state index contributed by atoms with van der Waals surface area (Å²) in [5.41, 5.74) is -0.632. The molecule has 128 valence electrons. The van der Waals surface area contributed by atoms with Crippen LogP contribution in [0.3, 0.4) is 0 Å². The van der Waals surface area contributed by atoms with Crippen LogP contribution in [0.15, 0.2) is 36.5 Å². The molecule has 2 N–H and O–H groups in total. The minimum Gasteiger partial charge on any atom is -0.384 e. The smallest absolute Gasteiger partial charge is 0.384 e. The number of halogens is 4. The predicted octanol–water partition coefficient (Wildman–Crippen LogP) is 4.83. The van der Waals surface area contributed by atoms with Crippen LogP contribution in [0.25, 0.3) is 0 Å². The Kier molecular flexibility index (Phi) is 5.66. The Morgan fingerprint density at radius 1 is 1.25 bits per heavy atom. The zero-order valence-corrected chi connectivity index (χ0v) is 13.5. The summed E-state index contributed by atoms with van der Waals surface area (Å²) in [5.74, 6) is -0.732. The summed E-state index contributed by atoms with van der Waals surface area (Å²) in [7, 11) is 0. The van der Waals surface area contributed by atoms with Gasteiger partial charge in [-0.25, -0.2) is 4.98 Å². The van der Waals surface area contributed by atoms with Crippen molar-refractivity contribution in [1.82, 2.24) is 4.98 Å². The number of aromatic nitrogens is 1. The van der Waals surface area contributed by atoms with Gasteiger partial charge in [-0.1, -0.05) is 18.5 Å². The summed E-state index contributed by atoms with van der Waals surface area (Å²) in [4.78, 5) is 16.1. The normalized spacial score (nSPS) is 11.2. The highest BCUT2D eigenvalue weighted by molar-refractivity contribution is 6.30. The van der Waals surface area contributed by atoms with Crippen LogP contribution in [-0.4, -0.2) is 17.4 Å². The van der Waals surface area contributed by atoms with E-state index >= 15 is 0 Å². The van der Waals surface area contributed by atoms with Gasteiger partial charge in [0.25, 0.3) is 5.91 Å². The molecule has 0 aliphatic carbocycles. The molecule has 8 heteroatoms. The molecule has 1 amide bonds. The molecule has 0 bridgehead atoms. The van der Waals surface area contributed by atoms with Gasteiger partial charge in [0.2, 0.25) is 0 Å². The fourth-order valence-electron chi connectivity index (χ4n) is 1.95. The largest absolute Gasteiger partial charge is 0.418 e. The summed E-state index contributed by atoms with van der Waals surface area (Å²) in [6.07, 6.45) is -2.25. The minimum absolute atomic E-state index is 0.0140. The molecule has 0 unspecified atom stereocenters. The van der Waals surface area contributed by atoms with Gasteiger partial charge in [-0.05, 0) is 36.8 Å². The summed E-state index contributed by atoms with van der Waals surface area (Å²) in [5, 5.41) is 5.25. The molecule has 4 nitrogen and oxygen atoms in total. The van der Waals surface area contributed by atoms with Crippen LogP contribution in [0, 0.1) is 0 Å². The first kappa shape index (κ1) is 18.1. The number of amides is 1. The standard InChI is InChI=1S/C16H15ClF3N3O/c1-2-7-21-11-4-6-14(22-9-11)15(24)23-13-5-3-10(17)8-12(13)16(18,19)20/h3-6,8-9,21H,2,7H2,1H3,(H,23,24). The third-order valence-corrected chi connectivity index (χ3v) is 3.35. The average molecular weight is 358 g/mol. The van der Waals surface area contributed by atoms with E-state index in [0.717, 1.165) is 30.8 Å². The second kappa shape index (κ2) is 7.53. The lowest BCUT2D eigenvalue weighted by Crippen LogP contribution is -2.17. The Morgan fingerprint density at radius 3 is 2.58 bits per heavy atom. The van der Waals surface area contributed by atoms with E-state index in [2.05, 4.69) is 15.6 Å². The molecule has 24 heavy (non-hydrogen) atoms. The highest BCUT2D eigenvalue weighted by Gasteiger charge is 2.34. The molecule has 0 fully saturated rings. The molecule has 0 atom stereocenters. The van der Waals surface area contributed by atoms with Gasteiger partial charge < -0.3 is 10.6 Å². The molecule has 0 saturated heterocycles. The van der Waals surface area contributed by atoms with Gasteiger partial charge in [0.15, 0.2) is 0 Å². The molecule has 2 rings (SSSR count). The minimum atomic E-state index is -4.63. The number of nitrogens with one attached hydrogen (secondary N) is 2. The van der Waals surface area contributed by atoms with Crippen LogP contribution in [-0.2, 0) is 6.18 Å². The van der Waals surface area contributed by atoms with Crippen LogP contribution in [0.5, 0.6) is 0 Å². The van der Waals surface area contributed by atoms with Gasteiger partial charge >= 0.3 is 6.18 Å². The number of hydrogen-bond acceptors (Lipinski definition) is 3. The zero-order valence-electron chi connectivity index (χ0n) is 12.7. The van der Waals surface area contributed by atoms with Crippen molar-refractivity contribution < 1.29 is 18.0 Å². The topological polar surface area (TPSA) is 54.0 Å². The van der Waals surface area contributed by atoms with Crippen molar-refractivity contribution in [2.45, 2.75) is 19.5 Å². The fourth-order valence-corrected chi connectivity index (χ4v) is 2.12. The van der Waals surface area contributed by atoms with Crippen molar-refractivity contribution in [2.75, 3.05) is 17.2 Å². The van der Waals surface area contributed by atoms with Gasteiger partial charge in [-0.3, -0.25) is 4.79 Å². The summed E-state index contributed by atoms with van der Waals surface area (Å²) >= 11 is 5.60. The van der Waals surface area contributed by atoms with Crippen LogP contribution in [0.2, 0.25) is 5.02 Å². The third-order valence-electron chi connectivity index (χ3n) is 3.11. The van der Waals surface area contributed by atoms with Gasteiger partial charge in [-0.15, -0.1) is 0 Å². The Labute approximate surface area is 142 Å². The number of benzene rings is 1. The van der Waals surface area contributed by atoms with Crippen molar-refractivity contribution >= 4 is 28.9 Å². The summed E-state index contributed by atoms with van der Waals surface area (Å²) < 4.78 is 39.1. The van der Waals surface area contributed by atoms with E-state index < -0.39 is 17.6 Å². The van der Waals surface area contributed by atoms with Crippen molar-refractivity contribution in [3.63, 3.8) is 0 Å². The first-order chi connectivity index (χ1) is 11.3. The number of hydrogen-bond donors (Lipinski definition) is 2. The van der Waals surface area contributed by atoms with Crippen LogP contribution in [0.4, 0.5) is 24.5 Å². The van der Waals surface area contributed by atoms with Gasteiger partial charge in [-0.2, -0.15) is 13.2 Å². The molecular formula is C16H15ClF3N3O. The van der Waals surface area contributed by atoms with E-state index in [1.807, 2.05) is 6.92 Å². The lowest BCUT2D eigenvalue weighted by molar-refractivity contribution is -0.136. The maximum Gasteiger partial charge on any atom is 0.418 e. The van der Waals surface area contributed by atoms with Crippen molar-refractivity contribution in [1.29, 1.82) is 0 Å². The first-order valence-corrected chi connectivity index (χ1v) is 7.57. The summed E-state index contributed by atoms with van der Waals surface area (Å²) in [6, 6.07) is 6.24. The molecular weight excluding hydrogens is 343 g/mol. The number of anilines is 2. The van der Waals surface area contributed by atoms with Crippen molar-refractivity contribution in [2.24, 2.45) is 0 Å². The Morgan fingerprint density at radius 2 is 2.00 bits per heavy atom. The molecule has 0 aliphatic rings. The maximum absolute atomic E-state index is 13.0. The molecule has 0 spiro atoms. The highest BCUT2D eigenvalue weighted by Crippen LogP contribution is 2.36. The third kappa shape index (κ3) is 4.61. The van der Waals surface area contributed by atoms with Crippen molar-refractivity contribution in [3.8, 4) is 0 Å². The fraction of sp³-hybridized carbons (Fsp3) is 0.250. The van der Waals surface area contributed by atoms with E-state index in [1.54, 1.807) is 6.07 Å². The van der Waals surface area contributed by atoms with E-state index in [-0.39, 0.29) is 16.4 Å². The van der Waals surface area contributed by atoms with Gasteiger partial charge in [0, 0.05) is 11.6 Å². The number of carbonyl (C=O) groups is 1. The van der Waals surface area contributed by atoms with Gasteiger partial charge in [0.05, 0.1) is 23.1 Å². The number of rotatable bonds is 5. The van der Waals surface area contributed by atoms with Crippen LogP contribution < -0.4 is 10.6 Å². The average Bonchev–Trinajstić information content (AvgIpc) is 2.54. The van der Waals surface area contributed by atoms with Gasteiger partial charge in [0.1, 0.15) is 5.69 Å². The van der Waals surface area contributed by atoms with Crippen LogP contribution in [0.1, 0.15) is 29.4 Å². The summed E-state index contributed by atoms with van der Waals surface area (Å²) in [6.45, 7) is 2.76. The first-order valence-electron chi connectivity index (χ1n) is 7.19. The van der Waals surface area contributed by atoms with E-state index in [4.69, 9.17) is 11.6 Å². The van der Waals surface area contributed by atoms with E-state index in [9.17, 15) is 18.0 Å². The predicted molar refractivity (Wildman–Crippen MR) is 87.4 cm³/mol. The number of nitrogens with zero attached hydrogens (tertiary/aromatic N) is 1. The Bertz CT molecular complexity index is 717. The quantitative estimate of drug-likeness (QED) is 0.806. The zero-order chi connectivity index (χ0) is 17.7. The maximum atomic E-state index is 13.0. The lowest BCUT2D eigenvalue weighted by Gasteiger charge is -2.14. The molecule has 0 aliphatic heterocycles.